The average Bonchev–Trinajstić information content (AvgIpc) is 3.32. The van der Waals surface area contributed by atoms with Gasteiger partial charge in [-0.05, 0) is 49.9 Å². The third-order valence-corrected chi connectivity index (χ3v) is 6.49. The minimum absolute atomic E-state index is 0.0951. The lowest BCUT2D eigenvalue weighted by molar-refractivity contribution is -0.384. The van der Waals surface area contributed by atoms with Crippen molar-refractivity contribution in [2.75, 3.05) is 25.1 Å². The van der Waals surface area contributed by atoms with E-state index in [1.165, 1.54) is 23.5 Å². The largest absolute Gasteiger partial charge is 0.490 e. The summed E-state index contributed by atoms with van der Waals surface area (Å²) in [6.45, 7) is 6.95. The molecule has 9 nitrogen and oxygen atoms in total. The number of thiophene rings is 1. The number of carbonyl (C=O) groups excluding carboxylic acids is 2. The number of unbranched alkanes of at least 4 members (excludes halogenated alkanes) is 1. The standard InChI is InChI=1S/C28H32N2O7S/c1-4-7-15-37-23-13-11-19(16-24(23)35-5-2)12-14-25(31)29-27-26(28(32)36-6-3)22(18-38-27)20-9-8-10-21(17-20)30(33)34/h8-11,13,16-18H,4-7,12,14-15H2,1-3H3,(H,29,31). The smallest absolute Gasteiger partial charge is 0.341 e. The predicted molar refractivity (Wildman–Crippen MR) is 147 cm³/mol. The molecule has 0 atom stereocenters. The van der Waals surface area contributed by atoms with E-state index in [4.69, 9.17) is 14.2 Å². The summed E-state index contributed by atoms with van der Waals surface area (Å²) < 4.78 is 16.8. The molecule has 10 heteroatoms. The van der Waals surface area contributed by atoms with E-state index in [0.29, 0.717) is 47.3 Å². The number of nitrogens with one attached hydrogen (secondary N) is 1. The molecule has 0 radical (unpaired) electrons. The fraction of sp³-hybridized carbons (Fsp3) is 0.357. The number of benzene rings is 2. The van der Waals surface area contributed by atoms with Crippen LogP contribution in [0.25, 0.3) is 11.1 Å². The Bertz CT molecular complexity index is 1270. The van der Waals surface area contributed by atoms with Gasteiger partial charge in [0, 0.05) is 29.5 Å². The second kappa shape index (κ2) is 14.1. The maximum atomic E-state index is 12.9. The van der Waals surface area contributed by atoms with Crippen LogP contribution in [0.1, 0.15) is 56.0 Å². The van der Waals surface area contributed by atoms with Crippen LogP contribution >= 0.6 is 11.3 Å². The molecule has 1 heterocycles. The number of rotatable bonds is 14. The third kappa shape index (κ3) is 7.55. The molecule has 2 aromatic carbocycles. The zero-order valence-electron chi connectivity index (χ0n) is 21.8. The lowest BCUT2D eigenvalue weighted by atomic mass is 10.0. The monoisotopic (exact) mass is 540 g/mol. The van der Waals surface area contributed by atoms with Crippen LogP contribution < -0.4 is 14.8 Å². The highest BCUT2D eigenvalue weighted by atomic mass is 32.1. The molecule has 3 rings (SSSR count). The average molecular weight is 541 g/mol. The van der Waals surface area contributed by atoms with Gasteiger partial charge in [-0.25, -0.2) is 4.79 Å². The first-order valence-corrected chi connectivity index (χ1v) is 13.5. The van der Waals surface area contributed by atoms with Gasteiger partial charge in [-0.15, -0.1) is 11.3 Å². The van der Waals surface area contributed by atoms with Crippen molar-refractivity contribution in [3.63, 3.8) is 0 Å². The van der Waals surface area contributed by atoms with E-state index in [2.05, 4.69) is 12.2 Å². The van der Waals surface area contributed by atoms with Crippen molar-refractivity contribution in [2.45, 2.75) is 46.5 Å². The van der Waals surface area contributed by atoms with E-state index in [-0.39, 0.29) is 30.2 Å². The Balaban J connectivity index is 1.76. The lowest BCUT2D eigenvalue weighted by Crippen LogP contribution is -2.15. The molecule has 0 saturated heterocycles. The number of anilines is 1. The summed E-state index contributed by atoms with van der Waals surface area (Å²) in [5, 5.41) is 16.1. The van der Waals surface area contributed by atoms with E-state index in [9.17, 15) is 19.7 Å². The van der Waals surface area contributed by atoms with Gasteiger partial charge in [0.1, 0.15) is 10.6 Å². The summed E-state index contributed by atoms with van der Waals surface area (Å²) in [5.74, 6) is 0.445. The number of hydrogen-bond donors (Lipinski definition) is 1. The molecule has 1 N–H and O–H groups in total. The van der Waals surface area contributed by atoms with Crippen molar-refractivity contribution in [1.82, 2.24) is 0 Å². The lowest BCUT2D eigenvalue weighted by Gasteiger charge is -2.13. The van der Waals surface area contributed by atoms with Crippen molar-refractivity contribution in [3.8, 4) is 22.6 Å². The van der Waals surface area contributed by atoms with Crippen LogP contribution in [0.2, 0.25) is 0 Å². The molecule has 0 spiro atoms. The van der Waals surface area contributed by atoms with Crippen molar-refractivity contribution in [2.24, 2.45) is 0 Å². The molecular weight excluding hydrogens is 508 g/mol. The fourth-order valence-corrected chi connectivity index (χ4v) is 4.70. The highest BCUT2D eigenvalue weighted by Gasteiger charge is 2.24. The van der Waals surface area contributed by atoms with Gasteiger partial charge in [0.25, 0.3) is 5.69 Å². The molecule has 202 valence electrons. The maximum absolute atomic E-state index is 12.9. The van der Waals surface area contributed by atoms with Crippen LogP contribution in [0.4, 0.5) is 10.7 Å². The predicted octanol–water partition coefficient (Wildman–Crippen LogP) is 6.65. The Morgan fingerprint density at radius 1 is 1.03 bits per heavy atom. The number of ether oxygens (including phenoxy) is 3. The molecule has 38 heavy (non-hydrogen) atoms. The second-order valence-electron chi connectivity index (χ2n) is 8.35. The molecule has 0 aliphatic heterocycles. The van der Waals surface area contributed by atoms with Crippen LogP contribution in [0.5, 0.6) is 11.5 Å². The molecule has 1 aromatic heterocycles. The molecule has 0 saturated carbocycles. The van der Waals surface area contributed by atoms with Crippen LogP contribution in [-0.2, 0) is 16.0 Å². The van der Waals surface area contributed by atoms with E-state index in [1.54, 1.807) is 24.4 Å². The molecule has 3 aromatic rings. The number of esters is 1. The number of carbonyl (C=O) groups is 2. The molecule has 1 amide bonds. The Labute approximate surface area is 225 Å². The summed E-state index contributed by atoms with van der Waals surface area (Å²) in [6, 6.07) is 11.6. The van der Waals surface area contributed by atoms with Crippen molar-refractivity contribution in [3.05, 3.63) is 69.1 Å². The Morgan fingerprint density at radius 3 is 2.55 bits per heavy atom. The number of nitro groups is 1. The van der Waals surface area contributed by atoms with Crippen LogP contribution in [-0.4, -0.2) is 36.6 Å². The molecule has 0 fully saturated rings. The first kappa shape index (κ1) is 28.6. The third-order valence-electron chi connectivity index (χ3n) is 5.60. The van der Waals surface area contributed by atoms with Gasteiger partial charge < -0.3 is 19.5 Å². The minimum Gasteiger partial charge on any atom is -0.490 e. The molecule has 0 bridgehead atoms. The van der Waals surface area contributed by atoms with Crippen LogP contribution in [0.15, 0.2) is 47.8 Å². The summed E-state index contributed by atoms with van der Waals surface area (Å²) in [4.78, 5) is 36.4. The van der Waals surface area contributed by atoms with E-state index >= 15 is 0 Å². The summed E-state index contributed by atoms with van der Waals surface area (Å²) >= 11 is 1.17. The first-order valence-electron chi connectivity index (χ1n) is 12.6. The zero-order valence-corrected chi connectivity index (χ0v) is 22.6. The number of aryl methyl sites for hydroxylation is 1. The van der Waals surface area contributed by atoms with Gasteiger partial charge in [0.2, 0.25) is 5.91 Å². The maximum Gasteiger partial charge on any atom is 0.341 e. The van der Waals surface area contributed by atoms with Crippen molar-refractivity contribution in [1.29, 1.82) is 0 Å². The fourth-order valence-electron chi connectivity index (χ4n) is 3.72. The topological polar surface area (TPSA) is 117 Å². The number of amides is 1. The molecule has 0 aliphatic rings. The van der Waals surface area contributed by atoms with Crippen molar-refractivity contribution >= 4 is 33.9 Å². The molecular formula is C28H32N2O7S. The normalized spacial score (nSPS) is 10.6. The number of nitro benzene ring substituents is 1. The quantitative estimate of drug-likeness (QED) is 0.105. The Hall–Kier alpha value is -3.92. The highest BCUT2D eigenvalue weighted by Crippen LogP contribution is 2.37. The van der Waals surface area contributed by atoms with Crippen LogP contribution in [0, 0.1) is 10.1 Å². The summed E-state index contributed by atoms with van der Waals surface area (Å²) in [6.07, 6.45) is 2.62. The van der Waals surface area contributed by atoms with E-state index in [0.717, 1.165) is 18.4 Å². The first-order chi connectivity index (χ1) is 18.4. The van der Waals surface area contributed by atoms with Crippen LogP contribution in [0.3, 0.4) is 0 Å². The highest BCUT2D eigenvalue weighted by molar-refractivity contribution is 7.15. The van der Waals surface area contributed by atoms with Gasteiger partial charge in [0.15, 0.2) is 11.5 Å². The van der Waals surface area contributed by atoms with Gasteiger partial charge in [-0.2, -0.15) is 0 Å². The second-order valence-corrected chi connectivity index (χ2v) is 9.23. The molecule has 0 unspecified atom stereocenters. The van der Waals surface area contributed by atoms with E-state index in [1.807, 2.05) is 25.1 Å². The minimum atomic E-state index is -0.606. The SMILES string of the molecule is CCCCOc1ccc(CCC(=O)Nc2scc(-c3cccc([N+](=O)[O-])c3)c2C(=O)OCC)cc1OCC. The number of nitrogens with zero attached hydrogens (tertiary/aromatic N) is 1. The van der Waals surface area contributed by atoms with Crippen molar-refractivity contribution < 1.29 is 28.7 Å². The van der Waals surface area contributed by atoms with E-state index < -0.39 is 10.9 Å². The van der Waals surface area contributed by atoms with Gasteiger partial charge in [-0.1, -0.05) is 31.5 Å². The Kier molecular flexibility index (Phi) is 10.7. The van der Waals surface area contributed by atoms with Gasteiger partial charge >= 0.3 is 5.97 Å². The van der Waals surface area contributed by atoms with Gasteiger partial charge in [-0.3, -0.25) is 14.9 Å². The summed E-state index contributed by atoms with van der Waals surface area (Å²) in [7, 11) is 0. The number of hydrogen-bond acceptors (Lipinski definition) is 8. The summed E-state index contributed by atoms with van der Waals surface area (Å²) in [5.41, 5.74) is 1.96. The Morgan fingerprint density at radius 2 is 1.84 bits per heavy atom. The zero-order chi connectivity index (χ0) is 27.5. The molecule has 0 aliphatic carbocycles. The van der Waals surface area contributed by atoms with Gasteiger partial charge in [0.05, 0.1) is 24.7 Å². The number of non-ortho nitro benzene ring substituents is 1.